The summed E-state index contributed by atoms with van der Waals surface area (Å²) in [5.74, 6) is 0.435. The van der Waals surface area contributed by atoms with Gasteiger partial charge in [0, 0.05) is 51.5 Å². The fraction of sp³-hybridized carbons (Fsp3) is 0.733. The number of aromatic nitrogens is 2. The van der Waals surface area contributed by atoms with Gasteiger partial charge in [-0.1, -0.05) is 0 Å². The van der Waals surface area contributed by atoms with Crippen molar-refractivity contribution >= 4 is 16.0 Å². The fourth-order valence-corrected chi connectivity index (χ4v) is 4.07. The van der Waals surface area contributed by atoms with Crippen molar-refractivity contribution in [3.63, 3.8) is 0 Å². The first-order valence-electron chi connectivity index (χ1n) is 8.61. The largest absolute Gasteiger partial charge is 0.435 e. The minimum absolute atomic E-state index is 0.00417. The standard InChI is InChI=1S/C15H25F3N6O2S/c1-4-27(25,26)24-7-5-12(6-8-24)21-14(19-2)20-9-11-10-23(3)22-13(11)15(16,17)18/h10,12H,4-9H2,1-3H3,(H2,19,20,21). The Balaban J connectivity index is 1.91. The molecule has 0 spiro atoms. The van der Waals surface area contributed by atoms with Crippen molar-refractivity contribution in [2.75, 3.05) is 25.9 Å². The molecule has 2 N–H and O–H groups in total. The SMILES string of the molecule is CCS(=O)(=O)N1CCC(NC(=NC)NCc2cn(C)nc2C(F)(F)F)CC1. The number of aliphatic imine (C=N–C) groups is 1. The van der Waals surface area contributed by atoms with E-state index in [9.17, 15) is 21.6 Å². The third-order valence-electron chi connectivity index (χ3n) is 4.40. The van der Waals surface area contributed by atoms with Crippen LogP contribution in [0.4, 0.5) is 13.2 Å². The predicted octanol–water partition coefficient (Wildman–Crippen LogP) is 0.918. The zero-order chi connectivity index (χ0) is 20.2. The lowest BCUT2D eigenvalue weighted by Gasteiger charge is -2.32. The van der Waals surface area contributed by atoms with Crippen molar-refractivity contribution < 1.29 is 21.6 Å². The van der Waals surface area contributed by atoms with Gasteiger partial charge in [0.15, 0.2) is 11.7 Å². The van der Waals surface area contributed by atoms with Crippen LogP contribution in [0.5, 0.6) is 0 Å². The first-order valence-corrected chi connectivity index (χ1v) is 10.2. The molecule has 0 saturated carbocycles. The second-order valence-electron chi connectivity index (χ2n) is 6.32. The second-order valence-corrected chi connectivity index (χ2v) is 8.58. The molecule has 1 aromatic rings. The average Bonchev–Trinajstić information content (AvgIpc) is 3.00. The molecule has 1 saturated heterocycles. The number of halogens is 3. The van der Waals surface area contributed by atoms with E-state index in [2.05, 4.69) is 20.7 Å². The summed E-state index contributed by atoms with van der Waals surface area (Å²) in [6.07, 6.45) is -2.01. The highest BCUT2D eigenvalue weighted by Crippen LogP contribution is 2.30. The molecule has 0 aromatic carbocycles. The Morgan fingerprint density at radius 3 is 2.52 bits per heavy atom. The van der Waals surface area contributed by atoms with Crippen LogP contribution in [0.15, 0.2) is 11.2 Å². The van der Waals surface area contributed by atoms with Crippen LogP contribution in [0.2, 0.25) is 0 Å². The number of hydrogen-bond donors (Lipinski definition) is 2. The Hall–Kier alpha value is -1.82. The summed E-state index contributed by atoms with van der Waals surface area (Å²) in [7, 11) is -0.235. The molecule has 1 aliphatic heterocycles. The van der Waals surface area contributed by atoms with Crippen LogP contribution in [-0.4, -0.2) is 60.4 Å². The lowest BCUT2D eigenvalue weighted by Crippen LogP contribution is -2.49. The van der Waals surface area contributed by atoms with Crippen LogP contribution in [-0.2, 0) is 29.8 Å². The van der Waals surface area contributed by atoms with Gasteiger partial charge in [-0.15, -0.1) is 0 Å². The van der Waals surface area contributed by atoms with Gasteiger partial charge < -0.3 is 10.6 Å². The van der Waals surface area contributed by atoms with Crippen molar-refractivity contribution in [3.05, 3.63) is 17.5 Å². The van der Waals surface area contributed by atoms with E-state index in [0.717, 1.165) is 4.68 Å². The van der Waals surface area contributed by atoms with E-state index < -0.39 is 21.9 Å². The third-order valence-corrected chi connectivity index (χ3v) is 6.28. The Bertz CT molecular complexity index is 767. The first kappa shape index (κ1) is 21.5. The molecule has 2 rings (SSSR count). The molecule has 0 atom stereocenters. The van der Waals surface area contributed by atoms with Gasteiger partial charge >= 0.3 is 6.18 Å². The van der Waals surface area contributed by atoms with E-state index in [1.54, 1.807) is 6.92 Å². The minimum Gasteiger partial charge on any atom is -0.354 e. The molecule has 1 aromatic heterocycles. The predicted molar refractivity (Wildman–Crippen MR) is 95.6 cm³/mol. The molecular formula is C15H25F3N6O2S. The number of rotatable bonds is 5. The van der Waals surface area contributed by atoms with Crippen LogP contribution in [0.1, 0.15) is 31.0 Å². The molecule has 8 nitrogen and oxygen atoms in total. The monoisotopic (exact) mass is 410 g/mol. The normalized spacial score (nSPS) is 17.9. The summed E-state index contributed by atoms with van der Waals surface area (Å²) in [5.41, 5.74) is -0.900. The lowest BCUT2D eigenvalue weighted by molar-refractivity contribution is -0.142. The van der Waals surface area contributed by atoms with Gasteiger partial charge in [-0.05, 0) is 19.8 Å². The number of piperidine rings is 1. The van der Waals surface area contributed by atoms with Crippen molar-refractivity contribution in [3.8, 4) is 0 Å². The van der Waals surface area contributed by atoms with Crippen LogP contribution < -0.4 is 10.6 Å². The molecule has 27 heavy (non-hydrogen) atoms. The molecule has 0 amide bonds. The summed E-state index contributed by atoms with van der Waals surface area (Å²) in [6, 6.07) is -0.00417. The number of sulfonamides is 1. The van der Waals surface area contributed by atoms with Crippen LogP contribution >= 0.6 is 0 Å². The van der Waals surface area contributed by atoms with Gasteiger partial charge in [0.25, 0.3) is 0 Å². The van der Waals surface area contributed by atoms with E-state index in [0.29, 0.717) is 31.9 Å². The average molecular weight is 410 g/mol. The van der Waals surface area contributed by atoms with Crippen molar-refractivity contribution in [1.82, 2.24) is 24.7 Å². The number of aryl methyl sites for hydroxylation is 1. The maximum absolute atomic E-state index is 13.0. The Kier molecular flexibility index (Phi) is 6.73. The zero-order valence-electron chi connectivity index (χ0n) is 15.5. The highest BCUT2D eigenvalue weighted by molar-refractivity contribution is 7.89. The molecule has 1 fully saturated rings. The molecule has 1 aliphatic rings. The number of guanidine groups is 1. The number of nitrogens with zero attached hydrogens (tertiary/aromatic N) is 4. The molecule has 0 unspecified atom stereocenters. The molecule has 12 heteroatoms. The Morgan fingerprint density at radius 2 is 2.00 bits per heavy atom. The van der Waals surface area contributed by atoms with Crippen molar-refractivity contribution in [2.45, 2.75) is 38.5 Å². The smallest absolute Gasteiger partial charge is 0.354 e. The third kappa shape index (κ3) is 5.58. The Morgan fingerprint density at radius 1 is 1.37 bits per heavy atom. The maximum atomic E-state index is 13.0. The van der Waals surface area contributed by atoms with E-state index in [4.69, 9.17) is 0 Å². The molecule has 0 bridgehead atoms. The van der Waals surface area contributed by atoms with Crippen LogP contribution in [0, 0.1) is 0 Å². The topological polar surface area (TPSA) is 91.6 Å². The zero-order valence-corrected chi connectivity index (χ0v) is 16.4. The number of nitrogens with one attached hydrogen (secondary N) is 2. The summed E-state index contributed by atoms with van der Waals surface area (Å²) >= 11 is 0. The molecule has 0 aliphatic carbocycles. The van der Waals surface area contributed by atoms with Crippen molar-refractivity contribution in [1.29, 1.82) is 0 Å². The summed E-state index contributed by atoms with van der Waals surface area (Å²) in [4.78, 5) is 4.03. The minimum atomic E-state index is -4.52. The molecule has 2 heterocycles. The summed E-state index contributed by atoms with van der Waals surface area (Å²) in [6.45, 7) is 2.35. The van der Waals surface area contributed by atoms with Gasteiger partial charge in [-0.3, -0.25) is 9.67 Å². The highest BCUT2D eigenvalue weighted by atomic mass is 32.2. The van der Waals surface area contributed by atoms with Gasteiger partial charge in [-0.2, -0.15) is 18.3 Å². The lowest BCUT2D eigenvalue weighted by atomic mass is 10.1. The quantitative estimate of drug-likeness (QED) is 0.556. The van der Waals surface area contributed by atoms with Crippen LogP contribution in [0.25, 0.3) is 0 Å². The Labute approximate surface area is 156 Å². The first-order chi connectivity index (χ1) is 12.6. The number of alkyl halides is 3. The summed E-state index contributed by atoms with van der Waals surface area (Å²) in [5, 5.41) is 9.47. The van der Waals surface area contributed by atoms with E-state index in [1.165, 1.54) is 24.6 Å². The highest BCUT2D eigenvalue weighted by Gasteiger charge is 2.36. The number of hydrogen-bond acceptors (Lipinski definition) is 4. The van der Waals surface area contributed by atoms with Crippen LogP contribution in [0.3, 0.4) is 0 Å². The second kappa shape index (κ2) is 8.46. The van der Waals surface area contributed by atoms with E-state index in [-0.39, 0.29) is 23.9 Å². The van der Waals surface area contributed by atoms with Gasteiger partial charge in [0.2, 0.25) is 10.0 Å². The van der Waals surface area contributed by atoms with E-state index >= 15 is 0 Å². The van der Waals surface area contributed by atoms with Crippen molar-refractivity contribution in [2.24, 2.45) is 12.0 Å². The molecule has 154 valence electrons. The molecule has 0 radical (unpaired) electrons. The van der Waals surface area contributed by atoms with Gasteiger partial charge in [0.05, 0.1) is 5.75 Å². The maximum Gasteiger partial charge on any atom is 0.435 e. The van der Waals surface area contributed by atoms with E-state index in [1.807, 2.05) is 0 Å². The molecular weight excluding hydrogens is 385 g/mol. The van der Waals surface area contributed by atoms with Gasteiger partial charge in [-0.25, -0.2) is 12.7 Å². The fourth-order valence-electron chi connectivity index (χ4n) is 2.93. The summed E-state index contributed by atoms with van der Waals surface area (Å²) < 4.78 is 65.4. The van der Waals surface area contributed by atoms with Gasteiger partial charge in [0.1, 0.15) is 0 Å².